The van der Waals surface area contributed by atoms with E-state index >= 15 is 0 Å². The van der Waals surface area contributed by atoms with Gasteiger partial charge in [0, 0.05) is 19.1 Å². The zero-order valence-electron chi connectivity index (χ0n) is 10.6. The van der Waals surface area contributed by atoms with Crippen molar-refractivity contribution in [2.75, 3.05) is 25.1 Å². The van der Waals surface area contributed by atoms with Crippen LogP contribution in [-0.4, -0.2) is 44.6 Å². The van der Waals surface area contributed by atoms with Gasteiger partial charge in [0.1, 0.15) is 4.88 Å². The fraction of sp³-hybridized carbons (Fsp3) is 0.545. The number of likely N-dealkylation sites (tertiary alicyclic amines) is 1. The molecule has 0 saturated carbocycles. The number of anilines is 1. The van der Waals surface area contributed by atoms with Crippen LogP contribution in [0.25, 0.3) is 0 Å². The predicted octanol–water partition coefficient (Wildman–Crippen LogP) is 0.484. The summed E-state index contributed by atoms with van der Waals surface area (Å²) in [6.07, 6.45) is 2.66. The number of thiophene rings is 1. The van der Waals surface area contributed by atoms with Crippen LogP contribution in [0, 0.1) is 0 Å². The minimum Gasteiger partial charge on any atom is -0.397 e. The summed E-state index contributed by atoms with van der Waals surface area (Å²) in [7, 11) is -3.24. The van der Waals surface area contributed by atoms with Crippen molar-refractivity contribution < 1.29 is 13.2 Å². The summed E-state index contributed by atoms with van der Waals surface area (Å²) in [5.41, 5.74) is 6.22. The number of nitrogens with one attached hydrogen (secondary N) is 1. The minimum atomic E-state index is -3.24. The van der Waals surface area contributed by atoms with Crippen LogP contribution in [0.5, 0.6) is 0 Å². The van der Waals surface area contributed by atoms with E-state index in [2.05, 4.69) is 4.72 Å². The Morgan fingerprint density at radius 1 is 1.58 bits per heavy atom. The summed E-state index contributed by atoms with van der Waals surface area (Å²) in [4.78, 5) is 14.5. The van der Waals surface area contributed by atoms with Gasteiger partial charge in [-0.1, -0.05) is 0 Å². The van der Waals surface area contributed by atoms with Gasteiger partial charge < -0.3 is 10.6 Å². The van der Waals surface area contributed by atoms with E-state index in [-0.39, 0.29) is 11.9 Å². The van der Waals surface area contributed by atoms with Crippen molar-refractivity contribution in [3.63, 3.8) is 0 Å². The molecule has 2 heterocycles. The number of carbonyl (C=O) groups excluding carboxylic acids is 1. The zero-order valence-corrected chi connectivity index (χ0v) is 12.3. The van der Waals surface area contributed by atoms with E-state index in [9.17, 15) is 13.2 Å². The Labute approximate surface area is 116 Å². The van der Waals surface area contributed by atoms with E-state index < -0.39 is 10.0 Å². The molecule has 1 unspecified atom stereocenters. The average Bonchev–Trinajstić information content (AvgIpc) is 2.72. The minimum absolute atomic E-state index is 0.118. The van der Waals surface area contributed by atoms with E-state index in [4.69, 9.17) is 5.73 Å². The van der Waals surface area contributed by atoms with Gasteiger partial charge in [-0.2, -0.15) is 0 Å². The molecule has 1 aromatic heterocycles. The monoisotopic (exact) mass is 303 g/mol. The molecule has 1 amide bonds. The SMILES string of the molecule is CS(=O)(=O)NC1CCCN(C(=O)c2sccc2N)C1. The first-order chi connectivity index (χ1) is 8.87. The number of rotatable bonds is 3. The Morgan fingerprint density at radius 3 is 2.89 bits per heavy atom. The van der Waals surface area contributed by atoms with Gasteiger partial charge in [0.15, 0.2) is 0 Å². The molecule has 2 rings (SSSR count). The predicted molar refractivity (Wildman–Crippen MR) is 75.6 cm³/mol. The standard InChI is InChI=1S/C11H17N3O3S2/c1-19(16,17)13-8-3-2-5-14(7-8)11(15)10-9(12)4-6-18-10/h4,6,8,13H,2-3,5,7,12H2,1H3. The Bertz CT molecular complexity index is 567. The molecule has 1 saturated heterocycles. The smallest absolute Gasteiger partial charge is 0.266 e. The molecule has 1 fully saturated rings. The van der Waals surface area contributed by atoms with Gasteiger partial charge in [0.05, 0.1) is 11.9 Å². The van der Waals surface area contributed by atoms with Crippen LogP contribution >= 0.6 is 11.3 Å². The van der Waals surface area contributed by atoms with Crippen molar-refractivity contribution in [1.82, 2.24) is 9.62 Å². The molecule has 0 aliphatic carbocycles. The third-order valence-electron chi connectivity index (χ3n) is 2.98. The first-order valence-electron chi connectivity index (χ1n) is 5.96. The topological polar surface area (TPSA) is 92.5 Å². The number of carbonyl (C=O) groups is 1. The van der Waals surface area contributed by atoms with E-state index in [0.717, 1.165) is 19.1 Å². The summed E-state index contributed by atoms with van der Waals surface area (Å²) in [6, 6.07) is 1.49. The van der Waals surface area contributed by atoms with Gasteiger partial charge in [-0.05, 0) is 24.3 Å². The summed E-state index contributed by atoms with van der Waals surface area (Å²) < 4.78 is 25.0. The largest absolute Gasteiger partial charge is 0.397 e. The molecule has 1 aliphatic heterocycles. The summed E-state index contributed by atoms with van der Waals surface area (Å²) in [6.45, 7) is 1.03. The molecule has 106 valence electrons. The fourth-order valence-electron chi connectivity index (χ4n) is 2.20. The lowest BCUT2D eigenvalue weighted by atomic mass is 10.1. The van der Waals surface area contributed by atoms with Crippen LogP contribution in [0.1, 0.15) is 22.5 Å². The molecular formula is C11H17N3O3S2. The number of hydrogen-bond donors (Lipinski definition) is 2. The molecule has 6 nitrogen and oxygen atoms in total. The number of hydrogen-bond acceptors (Lipinski definition) is 5. The number of amides is 1. The molecule has 0 spiro atoms. The van der Waals surface area contributed by atoms with Crippen LogP contribution in [0.15, 0.2) is 11.4 Å². The number of nitrogens with zero attached hydrogens (tertiary/aromatic N) is 1. The van der Waals surface area contributed by atoms with Gasteiger partial charge in [-0.3, -0.25) is 4.79 Å². The van der Waals surface area contributed by atoms with Crippen LogP contribution in [0.2, 0.25) is 0 Å². The molecule has 1 aromatic rings. The Hall–Kier alpha value is -1.12. The highest BCUT2D eigenvalue weighted by atomic mass is 32.2. The van der Waals surface area contributed by atoms with Crippen LogP contribution in [0.4, 0.5) is 5.69 Å². The number of sulfonamides is 1. The number of nitrogens with two attached hydrogens (primary N) is 1. The third-order valence-corrected chi connectivity index (χ3v) is 4.66. The van der Waals surface area contributed by atoms with Gasteiger partial charge in [-0.15, -0.1) is 11.3 Å². The van der Waals surface area contributed by atoms with Gasteiger partial charge in [-0.25, -0.2) is 13.1 Å². The lowest BCUT2D eigenvalue weighted by Crippen LogP contribution is -2.49. The first kappa shape index (κ1) is 14.3. The quantitative estimate of drug-likeness (QED) is 0.849. The van der Waals surface area contributed by atoms with E-state index in [1.165, 1.54) is 11.3 Å². The molecule has 1 atom stereocenters. The van der Waals surface area contributed by atoms with E-state index in [1.54, 1.807) is 16.3 Å². The summed E-state index contributed by atoms with van der Waals surface area (Å²) in [5.74, 6) is -0.118. The number of piperidine rings is 1. The summed E-state index contributed by atoms with van der Waals surface area (Å²) in [5, 5.41) is 1.78. The maximum Gasteiger partial charge on any atom is 0.266 e. The highest BCUT2D eigenvalue weighted by Gasteiger charge is 2.27. The molecule has 8 heteroatoms. The van der Waals surface area contributed by atoms with Crippen LogP contribution in [0.3, 0.4) is 0 Å². The van der Waals surface area contributed by atoms with Crippen molar-refractivity contribution in [2.24, 2.45) is 0 Å². The normalized spacial score (nSPS) is 20.5. The van der Waals surface area contributed by atoms with E-state index in [1.807, 2.05) is 0 Å². The molecule has 3 N–H and O–H groups in total. The van der Waals surface area contributed by atoms with E-state index in [0.29, 0.717) is 23.7 Å². The molecule has 1 aliphatic rings. The van der Waals surface area contributed by atoms with Crippen molar-refractivity contribution in [1.29, 1.82) is 0 Å². The van der Waals surface area contributed by atoms with Crippen molar-refractivity contribution in [3.8, 4) is 0 Å². The molecular weight excluding hydrogens is 286 g/mol. The van der Waals surface area contributed by atoms with Crippen LogP contribution in [-0.2, 0) is 10.0 Å². The lowest BCUT2D eigenvalue weighted by Gasteiger charge is -2.32. The maximum atomic E-state index is 12.3. The Balaban J connectivity index is 2.05. The van der Waals surface area contributed by atoms with Crippen molar-refractivity contribution >= 4 is 33.0 Å². The van der Waals surface area contributed by atoms with Crippen LogP contribution < -0.4 is 10.5 Å². The second kappa shape index (κ2) is 5.48. The second-order valence-corrected chi connectivity index (χ2v) is 7.38. The van der Waals surface area contributed by atoms with Gasteiger partial charge >= 0.3 is 0 Å². The second-order valence-electron chi connectivity index (χ2n) is 4.69. The highest BCUT2D eigenvalue weighted by Crippen LogP contribution is 2.23. The average molecular weight is 303 g/mol. The molecule has 0 aromatic carbocycles. The maximum absolute atomic E-state index is 12.3. The van der Waals surface area contributed by atoms with Gasteiger partial charge in [0.25, 0.3) is 5.91 Å². The van der Waals surface area contributed by atoms with Gasteiger partial charge in [0.2, 0.25) is 10.0 Å². The first-order valence-corrected chi connectivity index (χ1v) is 8.73. The molecule has 0 bridgehead atoms. The zero-order chi connectivity index (χ0) is 14.0. The summed E-state index contributed by atoms with van der Waals surface area (Å²) >= 11 is 1.31. The van der Waals surface area contributed by atoms with Crippen molar-refractivity contribution in [3.05, 3.63) is 16.3 Å². The fourth-order valence-corrected chi connectivity index (χ4v) is 3.78. The highest BCUT2D eigenvalue weighted by molar-refractivity contribution is 7.88. The molecule has 19 heavy (non-hydrogen) atoms. The van der Waals surface area contributed by atoms with Crippen molar-refractivity contribution in [2.45, 2.75) is 18.9 Å². The number of nitrogen functional groups attached to an aromatic ring is 1. The Kier molecular flexibility index (Phi) is 4.12. The Morgan fingerprint density at radius 2 is 2.32 bits per heavy atom. The third kappa shape index (κ3) is 3.68. The lowest BCUT2D eigenvalue weighted by molar-refractivity contribution is 0.0709. The molecule has 0 radical (unpaired) electrons.